The third-order valence-corrected chi connectivity index (χ3v) is 2.74. The van der Waals surface area contributed by atoms with Gasteiger partial charge in [0.25, 0.3) is 0 Å². The molecule has 0 unspecified atom stereocenters. The zero-order chi connectivity index (χ0) is 13.4. The van der Waals surface area contributed by atoms with Crippen molar-refractivity contribution in [3.8, 4) is 5.75 Å². The minimum atomic E-state index is 0. The van der Waals surface area contributed by atoms with Gasteiger partial charge in [-0.3, -0.25) is 0 Å². The molecule has 0 fully saturated rings. The monoisotopic (exact) mass is 377 g/mol. The van der Waals surface area contributed by atoms with Crippen LogP contribution in [0.15, 0.2) is 23.2 Å². The van der Waals surface area contributed by atoms with Crippen LogP contribution in [0.4, 0.5) is 0 Å². The number of ether oxygens (including phenoxy) is 1. The van der Waals surface area contributed by atoms with E-state index in [1.807, 2.05) is 25.1 Å². The normalized spacial score (nSPS) is 10.8. The van der Waals surface area contributed by atoms with Crippen LogP contribution in [-0.4, -0.2) is 19.6 Å². The number of nitrogens with two attached hydrogens (primary N) is 1. The molecule has 0 saturated heterocycles. The Hall–Kier alpha value is -0.980. The number of methoxy groups -OCH3 is 1. The van der Waals surface area contributed by atoms with E-state index < -0.39 is 0 Å². The van der Waals surface area contributed by atoms with Gasteiger partial charge in [-0.25, -0.2) is 4.99 Å². The van der Waals surface area contributed by atoms with Crippen LogP contribution < -0.4 is 15.8 Å². The summed E-state index contributed by atoms with van der Waals surface area (Å²) in [5.41, 5.74) is 7.99. The van der Waals surface area contributed by atoms with E-state index in [4.69, 9.17) is 10.5 Å². The summed E-state index contributed by atoms with van der Waals surface area (Å²) in [4.78, 5) is 4.30. The van der Waals surface area contributed by atoms with Gasteiger partial charge in [0.1, 0.15) is 5.75 Å². The summed E-state index contributed by atoms with van der Waals surface area (Å²) in [6.07, 6.45) is 2.25. The maximum Gasteiger partial charge on any atom is 0.188 e. The second kappa shape index (κ2) is 9.89. The number of nitrogens with zero attached hydrogens (tertiary/aromatic N) is 1. The van der Waals surface area contributed by atoms with E-state index in [1.54, 1.807) is 7.11 Å². The van der Waals surface area contributed by atoms with Gasteiger partial charge < -0.3 is 15.8 Å². The standard InChI is InChI=1S/C14H23N3O.HI/c1-4-5-8-16-14(15)17-10-12-7-6-11(2)13(9-12)18-3;/h6-7,9H,4-5,8,10H2,1-3H3,(H3,15,16,17);1H. The van der Waals surface area contributed by atoms with Gasteiger partial charge in [0.05, 0.1) is 13.7 Å². The number of aliphatic imine (C=N–C) groups is 1. The summed E-state index contributed by atoms with van der Waals surface area (Å²) >= 11 is 0. The average molecular weight is 377 g/mol. The summed E-state index contributed by atoms with van der Waals surface area (Å²) in [6, 6.07) is 6.07. The molecule has 0 atom stereocenters. The number of benzene rings is 1. The molecule has 0 aromatic heterocycles. The molecule has 0 aliphatic heterocycles. The second-order valence-corrected chi connectivity index (χ2v) is 4.29. The fourth-order valence-corrected chi connectivity index (χ4v) is 1.59. The van der Waals surface area contributed by atoms with E-state index in [-0.39, 0.29) is 24.0 Å². The number of aryl methyl sites for hydroxylation is 1. The third-order valence-electron chi connectivity index (χ3n) is 2.74. The summed E-state index contributed by atoms with van der Waals surface area (Å²) < 4.78 is 5.28. The highest BCUT2D eigenvalue weighted by Gasteiger charge is 2.00. The lowest BCUT2D eigenvalue weighted by Gasteiger charge is -2.07. The lowest BCUT2D eigenvalue weighted by atomic mass is 10.1. The minimum absolute atomic E-state index is 0. The van der Waals surface area contributed by atoms with Crippen LogP contribution in [0.5, 0.6) is 5.75 Å². The molecule has 0 heterocycles. The third kappa shape index (κ3) is 6.66. The first-order chi connectivity index (χ1) is 8.67. The molecular weight excluding hydrogens is 353 g/mol. The Labute approximate surface area is 132 Å². The zero-order valence-corrected chi connectivity index (χ0v) is 14.2. The predicted molar refractivity (Wildman–Crippen MR) is 91.4 cm³/mol. The maximum absolute atomic E-state index is 5.77. The molecule has 5 heteroatoms. The number of halogens is 1. The molecule has 19 heavy (non-hydrogen) atoms. The van der Waals surface area contributed by atoms with Gasteiger partial charge >= 0.3 is 0 Å². The molecule has 4 nitrogen and oxygen atoms in total. The van der Waals surface area contributed by atoms with Crippen LogP contribution in [0.3, 0.4) is 0 Å². The van der Waals surface area contributed by atoms with E-state index in [1.165, 1.54) is 0 Å². The first-order valence-corrected chi connectivity index (χ1v) is 6.34. The second-order valence-electron chi connectivity index (χ2n) is 4.29. The topological polar surface area (TPSA) is 59.6 Å². The molecule has 1 aromatic carbocycles. The summed E-state index contributed by atoms with van der Waals surface area (Å²) in [6.45, 7) is 5.62. The Morgan fingerprint density at radius 1 is 1.42 bits per heavy atom. The van der Waals surface area contributed by atoms with Gasteiger partial charge in [-0.1, -0.05) is 25.5 Å². The number of unbranched alkanes of at least 4 members (excludes halogenated alkanes) is 1. The van der Waals surface area contributed by atoms with E-state index in [9.17, 15) is 0 Å². The lowest BCUT2D eigenvalue weighted by Crippen LogP contribution is -2.32. The SMILES string of the molecule is CCCCNC(N)=NCc1ccc(C)c(OC)c1.I. The van der Waals surface area contributed by atoms with Crippen molar-refractivity contribution >= 4 is 29.9 Å². The van der Waals surface area contributed by atoms with Crippen molar-refractivity contribution < 1.29 is 4.74 Å². The van der Waals surface area contributed by atoms with E-state index in [0.717, 1.165) is 36.3 Å². The number of guanidine groups is 1. The van der Waals surface area contributed by atoms with Crippen LogP contribution in [0.1, 0.15) is 30.9 Å². The Balaban J connectivity index is 0.00000324. The molecule has 0 bridgehead atoms. The molecule has 0 aliphatic rings. The summed E-state index contributed by atoms with van der Waals surface area (Å²) in [7, 11) is 1.68. The quantitative estimate of drug-likeness (QED) is 0.347. The Morgan fingerprint density at radius 2 is 2.16 bits per heavy atom. The highest BCUT2D eigenvalue weighted by atomic mass is 127. The molecular formula is C14H24IN3O. The number of hydrogen-bond acceptors (Lipinski definition) is 2. The highest BCUT2D eigenvalue weighted by molar-refractivity contribution is 14.0. The molecule has 108 valence electrons. The summed E-state index contributed by atoms with van der Waals surface area (Å²) in [5, 5.41) is 3.09. The van der Waals surface area contributed by atoms with Crippen molar-refractivity contribution in [3.05, 3.63) is 29.3 Å². The smallest absolute Gasteiger partial charge is 0.188 e. The van der Waals surface area contributed by atoms with Gasteiger partial charge in [-0.2, -0.15) is 0 Å². The lowest BCUT2D eigenvalue weighted by molar-refractivity contribution is 0.411. The molecule has 1 aromatic rings. The van der Waals surface area contributed by atoms with E-state index in [2.05, 4.69) is 17.2 Å². The van der Waals surface area contributed by atoms with Crippen molar-refractivity contribution in [2.24, 2.45) is 10.7 Å². The van der Waals surface area contributed by atoms with Crippen LogP contribution in [0.25, 0.3) is 0 Å². The molecule has 0 aliphatic carbocycles. The summed E-state index contributed by atoms with van der Waals surface area (Å²) in [5.74, 6) is 1.39. The van der Waals surface area contributed by atoms with Gasteiger partial charge in [0.15, 0.2) is 5.96 Å². The first-order valence-electron chi connectivity index (χ1n) is 6.34. The van der Waals surface area contributed by atoms with Crippen LogP contribution in [0, 0.1) is 6.92 Å². The van der Waals surface area contributed by atoms with Crippen molar-refractivity contribution in [1.29, 1.82) is 0 Å². The molecule has 1 rings (SSSR count). The van der Waals surface area contributed by atoms with Crippen molar-refractivity contribution in [3.63, 3.8) is 0 Å². The molecule has 3 N–H and O–H groups in total. The van der Waals surface area contributed by atoms with Crippen molar-refractivity contribution in [1.82, 2.24) is 5.32 Å². The average Bonchev–Trinajstić information content (AvgIpc) is 2.38. The number of nitrogens with one attached hydrogen (secondary N) is 1. The van der Waals surface area contributed by atoms with Crippen molar-refractivity contribution in [2.45, 2.75) is 33.2 Å². The minimum Gasteiger partial charge on any atom is -0.496 e. The number of hydrogen-bond donors (Lipinski definition) is 2. The Bertz CT molecular complexity index is 408. The van der Waals surface area contributed by atoms with Crippen molar-refractivity contribution in [2.75, 3.05) is 13.7 Å². The largest absolute Gasteiger partial charge is 0.496 e. The highest BCUT2D eigenvalue weighted by Crippen LogP contribution is 2.19. The fraction of sp³-hybridized carbons (Fsp3) is 0.500. The zero-order valence-electron chi connectivity index (χ0n) is 11.9. The fourth-order valence-electron chi connectivity index (χ4n) is 1.59. The number of rotatable bonds is 6. The van der Waals surface area contributed by atoms with Gasteiger partial charge in [0.2, 0.25) is 0 Å². The van der Waals surface area contributed by atoms with Crippen LogP contribution in [0.2, 0.25) is 0 Å². The maximum atomic E-state index is 5.77. The van der Waals surface area contributed by atoms with E-state index in [0.29, 0.717) is 12.5 Å². The Morgan fingerprint density at radius 3 is 2.79 bits per heavy atom. The van der Waals surface area contributed by atoms with Crippen LogP contribution >= 0.6 is 24.0 Å². The van der Waals surface area contributed by atoms with Gasteiger partial charge in [0, 0.05) is 6.54 Å². The molecule has 0 amide bonds. The van der Waals surface area contributed by atoms with Gasteiger partial charge in [-0.15, -0.1) is 24.0 Å². The van der Waals surface area contributed by atoms with Crippen LogP contribution in [-0.2, 0) is 6.54 Å². The van der Waals surface area contributed by atoms with Gasteiger partial charge in [-0.05, 0) is 30.5 Å². The van der Waals surface area contributed by atoms with E-state index >= 15 is 0 Å². The predicted octanol–water partition coefficient (Wildman–Crippen LogP) is 2.83. The first kappa shape index (κ1) is 18.0. The molecule has 0 saturated carbocycles. The molecule has 0 radical (unpaired) electrons. The Kier molecular flexibility index (Phi) is 9.38. The molecule has 0 spiro atoms.